The minimum absolute atomic E-state index is 0.248. The van der Waals surface area contributed by atoms with Gasteiger partial charge < -0.3 is 56.5 Å². The molecule has 0 aromatic rings. The number of rotatable bonds is 5. The van der Waals surface area contributed by atoms with Crippen molar-refractivity contribution in [2.24, 2.45) is 5.73 Å². The van der Waals surface area contributed by atoms with Crippen molar-refractivity contribution in [1.82, 2.24) is 0 Å². The number of aldehydes is 1. The highest BCUT2D eigenvalue weighted by atomic mass is 16.4. The van der Waals surface area contributed by atoms with Gasteiger partial charge in [-0.15, -0.1) is 0 Å². The maximum atomic E-state index is 10.0. The van der Waals surface area contributed by atoms with Crippen molar-refractivity contribution >= 4 is 36.1 Å². The number of carbonyl (C=O) groups excluding carboxylic acids is 1. The van der Waals surface area contributed by atoms with Crippen LogP contribution in [-0.2, 0) is 28.8 Å². The van der Waals surface area contributed by atoms with Crippen LogP contribution < -0.4 is 5.73 Å². The van der Waals surface area contributed by atoms with E-state index in [4.69, 9.17) is 75.7 Å². The third-order valence-corrected chi connectivity index (χ3v) is 1.48. The zero-order valence-electron chi connectivity index (χ0n) is 18.1. The summed E-state index contributed by atoms with van der Waals surface area (Å²) in [6.45, 7) is 4.71. The van der Waals surface area contributed by atoms with Crippen LogP contribution in [0.1, 0.15) is 34.6 Å². The van der Waals surface area contributed by atoms with Crippen molar-refractivity contribution in [2.45, 2.75) is 59.0 Å². The minimum Gasteiger partial charge on any atom is -0.481 e. The van der Waals surface area contributed by atoms with Gasteiger partial charge in [0.2, 0.25) is 0 Å². The average molecular weight is 479 g/mol. The number of aliphatic carboxylic acids is 5. The number of carboxylic acids is 5. The summed E-state index contributed by atoms with van der Waals surface area (Å²) >= 11 is 0. The molecule has 0 aliphatic carbocycles. The first-order valence-electron chi connectivity index (χ1n) is 8.04. The number of hydrogen-bond acceptors (Lipinski definition) is 11. The first-order chi connectivity index (χ1) is 14.2. The highest BCUT2D eigenvalue weighted by molar-refractivity contribution is 5.64. The maximum absolute atomic E-state index is 10.0. The van der Waals surface area contributed by atoms with Gasteiger partial charge >= 0.3 is 0 Å². The fourth-order valence-corrected chi connectivity index (χ4v) is 0.644. The molecule has 4 atom stereocenters. The third kappa shape index (κ3) is 109. The van der Waals surface area contributed by atoms with Gasteiger partial charge in [0.15, 0.2) is 0 Å². The quantitative estimate of drug-likeness (QED) is 0.176. The van der Waals surface area contributed by atoms with Gasteiger partial charge in [0, 0.05) is 34.6 Å². The highest BCUT2D eigenvalue weighted by Crippen LogP contribution is 2.01. The molecular weight excluding hydrogens is 446 g/mol. The van der Waals surface area contributed by atoms with Gasteiger partial charge in [0.25, 0.3) is 29.8 Å². The van der Waals surface area contributed by atoms with E-state index in [1.165, 1.54) is 0 Å². The van der Waals surface area contributed by atoms with Gasteiger partial charge in [-0.3, -0.25) is 24.0 Å². The van der Waals surface area contributed by atoms with Crippen LogP contribution in [0.4, 0.5) is 0 Å². The number of hydrogen-bond donors (Lipinski definition) is 10. The Kier molecular flexibility index (Phi) is 40.2. The van der Waals surface area contributed by atoms with Crippen LogP contribution in [0.3, 0.4) is 0 Å². The van der Waals surface area contributed by atoms with E-state index < -0.39 is 60.8 Å². The van der Waals surface area contributed by atoms with Crippen LogP contribution in [0.5, 0.6) is 0 Å². The Hall–Kier alpha value is -3.18. The Morgan fingerprint density at radius 1 is 0.656 bits per heavy atom. The normalized spacial score (nSPS) is 11.8. The van der Waals surface area contributed by atoms with Gasteiger partial charge in [-0.2, -0.15) is 0 Å². The zero-order valence-corrected chi connectivity index (χ0v) is 18.1. The summed E-state index contributed by atoms with van der Waals surface area (Å²) in [6, 6.07) is -1.26. The molecule has 0 saturated carbocycles. The Morgan fingerprint density at radius 2 is 0.844 bits per heavy atom. The summed E-state index contributed by atoms with van der Waals surface area (Å²) in [6.07, 6.45) is -4.43. The first-order valence-corrected chi connectivity index (χ1v) is 8.04. The van der Waals surface area contributed by atoms with E-state index in [2.05, 4.69) is 0 Å². The van der Waals surface area contributed by atoms with E-state index in [1.54, 1.807) is 0 Å². The molecule has 0 amide bonds. The van der Waals surface area contributed by atoms with E-state index in [-0.39, 0.29) is 6.29 Å². The van der Waals surface area contributed by atoms with Gasteiger partial charge in [0.05, 0.1) is 12.6 Å². The van der Waals surface area contributed by atoms with Crippen LogP contribution in [-0.4, -0.2) is 113 Å². The summed E-state index contributed by atoms with van der Waals surface area (Å²) in [5.41, 5.74) is 5.04. The second-order valence-corrected chi connectivity index (χ2v) is 5.04. The predicted molar refractivity (Wildman–Crippen MR) is 106 cm³/mol. The van der Waals surface area contributed by atoms with Crippen LogP contribution in [0.15, 0.2) is 0 Å². The van der Waals surface area contributed by atoms with Crippen molar-refractivity contribution in [1.29, 1.82) is 0 Å². The number of carboxylic acid groups (broad SMARTS) is 5. The molecular formula is C16H33NO15. The van der Waals surface area contributed by atoms with Crippen molar-refractivity contribution in [2.75, 3.05) is 6.61 Å². The Morgan fingerprint density at radius 3 is 0.969 bits per heavy atom. The van der Waals surface area contributed by atoms with E-state index in [1.807, 2.05) is 0 Å². The van der Waals surface area contributed by atoms with Crippen LogP contribution in [0.2, 0.25) is 0 Å². The number of aliphatic hydroxyl groups is 4. The van der Waals surface area contributed by atoms with Crippen LogP contribution in [0.25, 0.3) is 0 Å². The Balaban J connectivity index is -0.0000000706. The van der Waals surface area contributed by atoms with Crippen molar-refractivity contribution in [3.05, 3.63) is 0 Å². The molecule has 0 rings (SSSR count). The lowest BCUT2D eigenvalue weighted by atomic mass is 10.0. The first kappa shape index (κ1) is 42.8. The largest absolute Gasteiger partial charge is 0.481 e. The molecule has 16 heteroatoms. The number of nitrogens with two attached hydrogens (primary N) is 1. The monoisotopic (exact) mass is 479 g/mol. The summed E-state index contributed by atoms with van der Waals surface area (Å²) in [5, 5.41) is 72.3. The van der Waals surface area contributed by atoms with Gasteiger partial charge in [-0.25, -0.2) is 0 Å². The van der Waals surface area contributed by atoms with Crippen molar-refractivity contribution < 1.29 is 74.7 Å². The molecule has 0 bridgehead atoms. The second-order valence-electron chi connectivity index (χ2n) is 5.04. The molecule has 0 unspecified atom stereocenters. The third-order valence-electron chi connectivity index (χ3n) is 1.48. The van der Waals surface area contributed by atoms with Gasteiger partial charge in [-0.1, -0.05) is 0 Å². The number of aliphatic hydroxyl groups excluding tert-OH is 4. The predicted octanol–water partition coefficient (Wildman–Crippen LogP) is -2.96. The SMILES string of the molecule is CC(=O)O.CC(=O)O.CC(=O)O.CC(=O)O.CC(=O)O.N[C@@H](C=O)[C@@H](O)[C@@H](O)[C@H](O)CO. The molecule has 32 heavy (non-hydrogen) atoms. The molecule has 192 valence electrons. The standard InChI is InChI=1S/C6H13NO5.5C2H4O2/c7-3(1-8)5(11)6(12)4(10)2-9;5*1-2(3)4/h1,3-6,9-12H,2,7H2;5*1H3,(H,3,4)/t3-,4+,5+,6-;;;;;/m0...../s1. The fourth-order valence-electron chi connectivity index (χ4n) is 0.644. The zero-order chi connectivity index (χ0) is 27.6. The smallest absolute Gasteiger partial charge is 0.300 e. The van der Waals surface area contributed by atoms with Crippen molar-refractivity contribution in [3.8, 4) is 0 Å². The second kappa shape index (κ2) is 30.0. The maximum Gasteiger partial charge on any atom is 0.300 e. The van der Waals surface area contributed by atoms with E-state index in [0.717, 1.165) is 34.6 Å². The average Bonchev–Trinajstić information content (AvgIpc) is 2.56. The Labute approximate surface area is 183 Å². The highest BCUT2D eigenvalue weighted by Gasteiger charge is 2.28. The lowest BCUT2D eigenvalue weighted by molar-refractivity contribution is -0.135. The van der Waals surface area contributed by atoms with Crippen molar-refractivity contribution in [3.63, 3.8) is 0 Å². The molecule has 0 saturated heterocycles. The fraction of sp³-hybridized carbons (Fsp3) is 0.625. The van der Waals surface area contributed by atoms with E-state index in [9.17, 15) is 4.79 Å². The van der Waals surface area contributed by atoms with Crippen LogP contribution >= 0.6 is 0 Å². The van der Waals surface area contributed by atoms with Gasteiger partial charge in [-0.05, 0) is 0 Å². The molecule has 0 fully saturated rings. The summed E-state index contributed by atoms with van der Waals surface area (Å²) < 4.78 is 0. The molecule has 11 N–H and O–H groups in total. The van der Waals surface area contributed by atoms with Crippen LogP contribution in [0, 0.1) is 0 Å². The molecule has 16 nitrogen and oxygen atoms in total. The summed E-state index contributed by atoms with van der Waals surface area (Å²) in [4.78, 5) is 55.0. The molecule has 0 spiro atoms. The molecule has 0 aliphatic heterocycles. The summed E-state index contributed by atoms with van der Waals surface area (Å²) in [5.74, 6) is -4.17. The Bertz CT molecular complexity index is 434. The molecule has 0 aromatic carbocycles. The summed E-state index contributed by atoms with van der Waals surface area (Å²) in [7, 11) is 0. The molecule has 0 radical (unpaired) electrons. The minimum atomic E-state index is -1.62. The molecule has 0 aliphatic rings. The molecule has 0 aromatic heterocycles. The number of carbonyl (C=O) groups is 6. The topological polar surface area (TPSA) is 311 Å². The lowest BCUT2D eigenvalue weighted by Crippen LogP contribution is -2.49. The molecule has 0 heterocycles. The van der Waals surface area contributed by atoms with Gasteiger partial charge in [0.1, 0.15) is 24.6 Å². The van der Waals surface area contributed by atoms with E-state index >= 15 is 0 Å². The van der Waals surface area contributed by atoms with E-state index in [0.29, 0.717) is 0 Å². The lowest BCUT2D eigenvalue weighted by Gasteiger charge is -2.23.